The van der Waals surface area contributed by atoms with Gasteiger partial charge in [0, 0.05) is 38.6 Å². The van der Waals surface area contributed by atoms with E-state index in [1.165, 1.54) is 11.1 Å². The summed E-state index contributed by atoms with van der Waals surface area (Å²) in [5.74, 6) is 1.08. The van der Waals surface area contributed by atoms with Crippen LogP contribution in [0.2, 0.25) is 0 Å². The Hall–Kier alpha value is -2.43. The van der Waals surface area contributed by atoms with Gasteiger partial charge in [0.2, 0.25) is 11.9 Å². The average Bonchev–Trinajstić information content (AvgIpc) is 2.73. The quantitative estimate of drug-likeness (QED) is 0.854. The number of aromatic nitrogens is 2. The van der Waals surface area contributed by atoms with Crippen LogP contribution in [-0.4, -0.2) is 40.4 Å². The van der Waals surface area contributed by atoms with Gasteiger partial charge in [-0.15, -0.1) is 0 Å². The van der Waals surface area contributed by atoms with Gasteiger partial charge in [-0.25, -0.2) is 9.97 Å². The molecule has 2 aliphatic heterocycles. The number of nitrogens with zero attached hydrogens (tertiary/aromatic N) is 4. The van der Waals surface area contributed by atoms with Crippen LogP contribution in [0.4, 0.5) is 5.95 Å². The number of benzene rings is 1. The van der Waals surface area contributed by atoms with E-state index in [0.29, 0.717) is 0 Å². The molecule has 1 fully saturated rings. The molecule has 3 heterocycles. The Morgan fingerprint density at radius 1 is 1.15 bits per heavy atom. The van der Waals surface area contributed by atoms with Gasteiger partial charge in [-0.05, 0) is 42.4 Å². The summed E-state index contributed by atoms with van der Waals surface area (Å²) in [6.07, 6.45) is 7.67. The number of fused-ring (bicyclic) bond motifs is 1. The molecule has 0 saturated carbocycles. The molecule has 1 aromatic heterocycles. The highest BCUT2D eigenvalue weighted by atomic mass is 16.2. The largest absolute Gasteiger partial charge is 0.340 e. The molecular formula is C21H26N4O. The highest BCUT2D eigenvalue weighted by molar-refractivity contribution is 5.80. The summed E-state index contributed by atoms with van der Waals surface area (Å²) >= 11 is 0. The lowest BCUT2D eigenvalue weighted by Crippen LogP contribution is -2.46. The highest BCUT2D eigenvalue weighted by Crippen LogP contribution is 2.25. The predicted octanol–water partition coefficient (Wildman–Crippen LogP) is 2.84. The summed E-state index contributed by atoms with van der Waals surface area (Å²) < 4.78 is 0. The predicted molar refractivity (Wildman–Crippen MR) is 102 cm³/mol. The minimum absolute atomic E-state index is 0.0449. The Kier molecular flexibility index (Phi) is 4.87. The number of aryl methyl sites for hydroxylation is 1. The molecule has 0 radical (unpaired) electrons. The van der Waals surface area contributed by atoms with Crippen molar-refractivity contribution in [3.63, 3.8) is 0 Å². The SMILES string of the molecule is CCc1cnc(N2CCCC(C(=O)N3CCc4ccccc4C3)C2)nc1. The van der Waals surface area contributed by atoms with E-state index in [2.05, 4.69) is 46.1 Å². The summed E-state index contributed by atoms with van der Waals surface area (Å²) in [5, 5.41) is 0. The summed E-state index contributed by atoms with van der Waals surface area (Å²) in [7, 11) is 0. The number of hydrogen-bond donors (Lipinski definition) is 0. The summed E-state index contributed by atoms with van der Waals surface area (Å²) in [4.78, 5) is 26.3. The van der Waals surface area contributed by atoms with Crippen molar-refractivity contribution in [3.8, 4) is 0 Å². The monoisotopic (exact) mass is 350 g/mol. The molecule has 136 valence electrons. The summed E-state index contributed by atoms with van der Waals surface area (Å²) in [6.45, 7) is 5.33. The molecule has 1 saturated heterocycles. The first-order valence-electron chi connectivity index (χ1n) is 9.66. The number of piperidine rings is 1. The van der Waals surface area contributed by atoms with E-state index < -0.39 is 0 Å². The first-order valence-corrected chi connectivity index (χ1v) is 9.66. The molecule has 4 rings (SSSR count). The van der Waals surface area contributed by atoms with E-state index in [1.807, 2.05) is 17.3 Å². The molecule has 5 heteroatoms. The fourth-order valence-corrected chi connectivity index (χ4v) is 4.00. The molecule has 26 heavy (non-hydrogen) atoms. The third kappa shape index (κ3) is 3.43. The number of hydrogen-bond acceptors (Lipinski definition) is 4. The van der Waals surface area contributed by atoms with Crippen LogP contribution in [0.3, 0.4) is 0 Å². The standard InChI is InChI=1S/C21H26N4O/c1-2-16-12-22-21(23-13-16)25-10-5-8-19(15-25)20(26)24-11-9-17-6-3-4-7-18(17)14-24/h3-4,6-7,12-13,19H,2,5,8-11,14-15H2,1H3. The van der Waals surface area contributed by atoms with Crippen molar-refractivity contribution in [1.82, 2.24) is 14.9 Å². The molecule has 1 amide bonds. The van der Waals surface area contributed by atoms with Crippen LogP contribution in [0.5, 0.6) is 0 Å². The fourth-order valence-electron chi connectivity index (χ4n) is 4.00. The minimum atomic E-state index is 0.0449. The first-order chi connectivity index (χ1) is 12.7. The van der Waals surface area contributed by atoms with Crippen molar-refractivity contribution in [2.24, 2.45) is 5.92 Å². The van der Waals surface area contributed by atoms with Crippen LogP contribution >= 0.6 is 0 Å². The second-order valence-electron chi connectivity index (χ2n) is 7.31. The third-order valence-electron chi connectivity index (χ3n) is 5.60. The molecule has 0 bridgehead atoms. The zero-order valence-corrected chi connectivity index (χ0v) is 15.4. The number of rotatable bonds is 3. The van der Waals surface area contributed by atoms with Gasteiger partial charge in [-0.2, -0.15) is 0 Å². The second kappa shape index (κ2) is 7.44. The van der Waals surface area contributed by atoms with Gasteiger partial charge >= 0.3 is 0 Å². The second-order valence-corrected chi connectivity index (χ2v) is 7.31. The average molecular weight is 350 g/mol. The van der Waals surface area contributed by atoms with Crippen LogP contribution in [0.25, 0.3) is 0 Å². The number of anilines is 1. The van der Waals surface area contributed by atoms with Crippen molar-refractivity contribution in [2.45, 2.75) is 39.2 Å². The van der Waals surface area contributed by atoms with Crippen LogP contribution in [0.15, 0.2) is 36.7 Å². The van der Waals surface area contributed by atoms with Gasteiger partial charge in [-0.3, -0.25) is 4.79 Å². The molecule has 0 spiro atoms. The summed E-state index contributed by atoms with van der Waals surface area (Å²) in [6, 6.07) is 8.47. The lowest BCUT2D eigenvalue weighted by atomic mass is 9.94. The Balaban J connectivity index is 1.43. The minimum Gasteiger partial charge on any atom is -0.340 e. The van der Waals surface area contributed by atoms with Crippen molar-refractivity contribution < 1.29 is 4.79 Å². The Morgan fingerprint density at radius 2 is 1.92 bits per heavy atom. The topological polar surface area (TPSA) is 49.3 Å². The molecule has 1 unspecified atom stereocenters. The Labute approximate surface area is 155 Å². The lowest BCUT2D eigenvalue weighted by molar-refractivity contribution is -0.136. The summed E-state index contributed by atoms with van der Waals surface area (Å²) in [5.41, 5.74) is 3.81. The van der Waals surface area contributed by atoms with Crippen LogP contribution in [0.1, 0.15) is 36.5 Å². The molecule has 0 aliphatic carbocycles. The van der Waals surface area contributed by atoms with E-state index >= 15 is 0 Å². The molecule has 5 nitrogen and oxygen atoms in total. The van der Waals surface area contributed by atoms with Crippen LogP contribution < -0.4 is 4.90 Å². The van der Waals surface area contributed by atoms with Gasteiger partial charge in [0.25, 0.3) is 0 Å². The van der Waals surface area contributed by atoms with Crippen molar-refractivity contribution in [3.05, 3.63) is 53.3 Å². The molecule has 1 aromatic carbocycles. The van der Waals surface area contributed by atoms with E-state index in [9.17, 15) is 4.79 Å². The van der Waals surface area contributed by atoms with E-state index in [4.69, 9.17) is 0 Å². The van der Waals surface area contributed by atoms with E-state index in [0.717, 1.165) is 63.4 Å². The van der Waals surface area contributed by atoms with Crippen molar-refractivity contribution in [1.29, 1.82) is 0 Å². The fraction of sp³-hybridized carbons (Fsp3) is 0.476. The maximum Gasteiger partial charge on any atom is 0.227 e. The molecule has 2 aliphatic rings. The van der Waals surface area contributed by atoms with E-state index in [1.54, 1.807) is 0 Å². The molecule has 2 aromatic rings. The first kappa shape index (κ1) is 17.0. The molecule has 0 N–H and O–H groups in total. The van der Waals surface area contributed by atoms with Gasteiger partial charge in [0.1, 0.15) is 0 Å². The smallest absolute Gasteiger partial charge is 0.227 e. The number of amides is 1. The third-order valence-corrected chi connectivity index (χ3v) is 5.60. The maximum atomic E-state index is 13.1. The van der Waals surface area contributed by atoms with Gasteiger partial charge in [-0.1, -0.05) is 31.2 Å². The Bertz CT molecular complexity index is 774. The number of carbonyl (C=O) groups excluding carboxylic acids is 1. The molecular weight excluding hydrogens is 324 g/mol. The normalized spacial score (nSPS) is 20.0. The van der Waals surface area contributed by atoms with Crippen molar-refractivity contribution in [2.75, 3.05) is 24.5 Å². The molecule has 1 atom stereocenters. The Morgan fingerprint density at radius 3 is 2.69 bits per heavy atom. The lowest BCUT2D eigenvalue weighted by Gasteiger charge is -2.36. The highest BCUT2D eigenvalue weighted by Gasteiger charge is 2.31. The van der Waals surface area contributed by atoms with Gasteiger partial charge in [0.15, 0.2) is 0 Å². The zero-order chi connectivity index (χ0) is 17.9. The maximum absolute atomic E-state index is 13.1. The van der Waals surface area contributed by atoms with E-state index in [-0.39, 0.29) is 11.8 Å². The van der Waals surface area contributed by atoms with Crippen LogP contribution in [0, 0.1) is 5.92 Å². The zero-order valence-electron chi connectivity index (χ0n) is 15.4. The van der Waals surface area contributed by atoms with Gasteiger partial charge in [0.05, 0.1) is 5.92 Å². The van der Waals surface area contributed by atoms with Gasteiger partial charge < -0.3 is 9.80 Å². The van der Waals surface area contributed by atoms with Crippen molar-refractivity contribution >= 4 is 11.9 Å². The number of carbonyl (C=O) groups is 1. The van der Waals surface area contributed by atoms with Crippen LogP contribution in [-0.2, 0) is 24.2 Å².